The number of para-hydroxylation sites is 1. The first kappa shape index (κ1) is 17.9. The van der Waals surface area contributed by atoms with Crippen LogP contribution in [0.2, 0.25) is 0 Å². The molecule has 6 heteroatoms. The second kappa shape index (κ2) is 6.93. The maximum absolute atomic E-state index is 11.9. The molecule has 3 atom stereocenters. The van der Waals surface area contributed by atoms with Gasteiger partial charge in [-0.2, -0.15) is 0 Å². The smallest absolute Gasteiger partial charge is 0.337 e. The highest BCUT2D eigenvalue weighted by Gasteiger charge is 2.41. The molecule has 0 amide bonds. The van der Waals surface area contributed by atoms with E-state index in [9.17, 15) is 9.90 Å². The molecule has 2 N–H and O–H groups in total. The van der Waals surface area contributed by atoms with Crippen LogP contribution in [0.5, 0.6) is 11.5 Å². The van der Waals surface area contributed by atoms with Gasteiger partial charge in [0.1, 0.15) is 0 Å². The van der Waals surface area contributed by atoms with Gasteiger partial charge in [0, 0.05) is 16.0 Å². The number of benzene rings is 2. The van der Waals surface area contributed by atoms with Crippen molar-refractivity contribution >= 4 is 27.6 Å². The minimum Gasteiger partial charge on any atom is -0.493 e. The number of methoxy groups -OCH3 is 2. The lowest BCUT2D eigenvalue weighted by molar-refractivity contribution is 0.0697. The zero-order valence-electron chi connectivity index (χ0n) is 15.0. The predicted molar refractivity (Wildman–Crippen MR) is 107 cm³/mol. The molecule has 0 bridgehead atoms. The Balaban J connectivity index is 1.89. The Bertz CT molecular complexity index is 940. The van der Waals surface area contributed by atoms with E-state index in [-0.39, 0.29) is 23.4 Å². The lowest BCUT2D eigenvalue weighted by atomic mass is 9.76. The number of anilines is 1. The molecule has 0 spiro atoms. The second-order valence-corrected chi connectivity index (χ2v) is 7.70. The molecule has 0 aromatic heterocycles. The first-order valence-corrected chi connectivity index (χ1v) is 9.55. The Morgan fingerprint density at radius 2 is 2.04 bits per heavy atom. The Morgan fingerprint density at radius 3 is 2.74 bits per heavy atom. The van der Waals surface area contributed by atoms with Gasteiger partial charge in [-0.05, 0) is 36.1 Å². The highest BCUT2D eigenvalue weighted by atomic mass is 79.9. The van der Waals surface area contributed by atoms with Crippen LogP contribution in [0.15, 0.2) is 47.0 Å². The van der Waals surface area contributed by atoms with Gasteiger partial charge in [0.15, 0.2) is 11.5 Å². The molecule has 0 fully saturated rings. The maximum Gasteiger partial charge on any atom is 0.337 e. The lowest BCUT2D eigenvalue weighted by Crippen LogP contribution is -2.30. The minimum absolute atomic E-state index is 0.0816. The molecular weight excluding hydrogens is 410 g/mol. The van der Waals surface area contributed by atoms with Crippen molar-refractivity contribution in [2.45, 2.75) is 18.4 Å². The quantitative estimate of drug-likeness (QED) is 0.669. The number of hydrogen-bond acceptors (Lipinski definition) is 4. The Labute approximate surface area is 166 Å². The summed E-state index contributed by atoms with van der Waals surface area (Å²) in [4.78, 5) is 11.9. The topological polar surface area (TPSA) is 67.8 Å². The summed E-state index contributed by atoms with van der Waals surface area (Å²) in [6.45, 7) is 0. The van der Waals surface area contributed by atoms with Crippen LogP contribution >= 0.6 is 15.9 Å². The van der Waals surface area contributed by atoms with E-state index in [0.29, 0.717) is 17.2 Å². The average Bonchev–Trinajstić information content (AvgIpc) is 3.16. The molecule has 140 valence electrons. The van der Waals surface area contributed by atoms with Crippen LogP contribution in [0, 0.1) is 5.92 Å². The van der Waals surface area contributed by atoms with Crippen molar-refractivity contribution in [1.82, 2.24) is 0 Å². The van der Waals surface area contributed by atoms with Gasteiger partial charge < -0.3 is 19.9 Å². The Kier molecular flexibility index (Phi) is 4.60. The van der Waals surface area contributed by atoms with E-state index in [1.54, 1.807) is 20.3 Å². The molecule has 0 saturated carbocycles. The fourth-order valence-corrected chi connectivity index (χ4v) is 4.77. The molecule has 2 aromatic carbocycles. The van der Waals surface area contributed by atoms with Gasteiger partial charge >= 0.3 is 5.97 Å². The molecule has 2 aromatic rings. The van der Waals surface area contributed by atoms with E-state index in [1.165, 1.54) is 0 Å². The SMILES string of the molecule is COc1cccc([C@H]2Nc3c(C(=O)O)cc(Br)cc3[C@H]3C=CC[C@H]32)c1OC. The highest BCUT2D eigenvalue weighted by molar-refractivity contribution is 9.10. The lowest BCUT2D eigenvalue weighted by Gasteiger charge is -2.38. The van der Waals surface area contributed by atoms with Gasteiger partial charge in [-0.15, -0.1) is 0 Å². The van der Waals surface area contributed by atoms with Crippen molar-refractivity contribution in [3.8, 4) is 11.5 Å². The molecule has 0 radical (unpaired) electrons. The molecular formula is C21H20BrNO4. The van der Waals surface area contributed by atoms with Gasteiger partial charge in [0.05, 0.1) is 31.5 Å². The van der Waals surface area contributed by atoms with E-state index >= 15 is 0 Å². The molecule has 0 saturated heterocycles. The van der Waals surface area contributed by atoms with Crippen LogP contribution in [0.4, 0.5) is 5.69 Å². The van der Waals surface area contributed by atoms with Crippen LogP contribution < -0.4 is 14.8 Å². The van der Waals surface area contributed by atoms with Crippen molar-refractivity contribution < 1.29 is 19.4 Å². The van der Waals surface area contributed by atoms with Crippen LogP contribution in [-0.4, -0.2) is 25.3 Å². The maximum atomic E-state index is 11.9. The van der Waals surface area contributed by atoms with Gasteiger partial charge in [-0.3, -0.25) is 0 Å². The zero-order valence-corrected chi connectivity index (χ0v) is 16.6. The zero-order chi connectivity index (χ0) is 19.1. The monoisotopic (exact) mass is 429 g/mol. The van der Waals surface area contributed by atoms with Gasteiger partial charge in [0.25, 0.3) is 0 Å². The summed E-state index contributed by atoms with van der Waals surface area (Å²) in [7, 11) is 3.24. The molecule has 27 heavy (non-hydrogen) atoms. The van der Waals surface area contributed by atoms with E-state index in [4.69, 9.17) is 9.47 Å². The number of hydrogen-bond donors (Lipinski definition) is 2. The normalized spacial score (nSPS) is 22.6. The minimum atomic E-state index is -0.947. The summed E-state index contributed by atoms with van der Waals surface area (Å²) in [5.74, 6) is 0.823. The number of carboxylic acids is 1. The number of carboxylic acid groups (broad SMARTS) is 1. The fraction of sp³-hybridized carbons (Fsp3) is 0.286. The Hall–Kier alpha value is -2.47. The third-order valence-electron chi connectivity index (χ3n) is 5.43. The summed E-state index contributed by atoms with van der Waals surface area (Å²) >= 11 is 3.46. The molecule has 4 rings (SSSR count). The molecule has 0 unspecified atom stereocenters. The van der Waals surface area contributed by atoms with Crippen LogP contribution in [0.1, 0.15) is 39.9 Å². The fourth-order valence-electron chi connectivity index (χ4n) is 4.30. The standard InChI is InChI=1S/C21H20BrNO4/c1-26-17-8-4-7-14(20(17)27-2)18-13-6-3-5-12(13)15-9-11(22)10-16(21(24)25)19(15)23-18/h3-5,7-10,12-13,18,23H,6H2,1-2H3,(H,24,25)/t12-,13+,18-/m0/s1. The van der Waals surface area contributed by atoms with Crippen LogP contribution in [0.3, 0.4) is 0 Å². The van der Waals surface area contributed by atoms with Crippen LogP contribution in [-0.2, 0) is 0 Å². The Morgan fingerprint density at radius 1 is 1.22 bits per heavy atom. The van der Waals surface area contributed by atoms with Crippen molar-refractivity contribution in [1.29, 1.82) is 0 Å². The third-order valence-corrected chi connectivity index (χ3v) is 5.89. The number of fused-ring (bicyclic) bond motifs is 3. The van der Waals surface area contributed by atoms with Gasteiger partial charge in [0.2, 0.25) is 0 Å². The third kappa shape index (κ3) is 2.88. The molecule has 1 heterocycles. The first-order valence-electron chi connectivity index (χ1n) is 8.76. The van der Waals surface area contributed by atoms with Crippen molar-refractivity contribution in [2.24, 2.45) is 5.92 Å². The predicted octanol–water partition coefficient (Wildman–Crippen LogP) is 4.99. The molecule has 1 aliphatic carbocycles. The second-order valence-electron chi connectivity index (χ2n) is 6.78. The summed E-state index contributed by atoms with van der Waals surface area (Å²) < 4.78 is 11.9. The van der Waals surface area contributed by atoms with E-state index < -0.39 is 5.97 Å². The van der Waals surface area contributed by atoms with Crippen LogP contribution in [0.25, 0.3) is 0 Å². The summed E-state index contributed by atoms with van der Waals surface area (Å²) in [6, 6.07) is 9.39. The number of halogens is 1. The summed E-state index contributed by atoms with van der Waals surface area (Å²) in [5, 5.41) is 13.2. The number of ether oxygens (including phenoxy) is 2. The number of allylic oxidation sites excluding steroid dienone is 2. The van der Waals surface area contributed by atoms with Crippen molar-refractivity contribution in [2.75, 3.05) is 19.5 Å². The van der Waals surface area contributed by atoms with Gasteiger partial charge in [-0.1, -0.05) is 40.2 Å². The molecule has 1 aliphatic heterocycles. The van der Waals surface area contributed by atoms with E-state index in [2.05, 4.69) is 33.4 Å². The average molecular weight is 430 g/mol. The van der Waals surface area contributed by atoms with Gasteiger partial charge in [-0.25, -0.2) is 4.79 Å². The van der Waals surface area contributed by atoms with Crippen molar-refractivity contribution in [3.05, 3.63) is 63.6 Å². The number of aromatic carboxylic acids is 1. The first-order chi connectivity index (χ1) is 13.0. The van der Waals surface area contributed by atoms with E-state index in [1.807, 2.05) is 24.3 Å². The molecule has 5 nitrogen and oxygen atoms in total. The largest absolute Gasteiger partial charge is 0.493 e. The highest BCUT2D eigenvalue weighted by Crippen LogP contribution is 2.53. The summed E-state index contributed by atoms with van der Waals surface area (Å²) in [6.07, 6.45) is 5.27. The number of rotatable bonds is 4. The molecule has 2 aliphatic rings. The van der Waals surface area contributed by atoms with Crippen molar-refractivity contribution in [3.63, 3.8) is 0 Å². The summed E-state index contributed by atoms with van der Waals surface area (Å²) in [5.41, 5.74) is 2.93. The number of nitrogens with one attached hydrogen (secondary N) is 1. The van der Waals surface area contributed by atoms with E-state index in [0.717, 1.165) is 22.0 Å². The number of carbonyl (C=O) groups is 1.